The Balaban J connectivity index is 1.35. The molecule has 1 atom stereocenters. The summed E-state index contributed by atoms with van der Waals surface area (Å²) >= 11 is 0. The van der Waals surface area contributed by atoms with E-state index in [4.69, 9.17) is 0 Å². The van der Waals surface area contributed by atoms with E-state index in [0.29, 0.717) is 11.6 Å². The Morgan fingerprint density at radius 2 is 2.04 bits per heavy atom. The number of hydrogen-bond acceptors (Lipinski definition) is 5. The number of amides is 1. The van der Waals surface area contributed by atoms with Crippen LogP contribution in [-0.4, -0.2) is 39.0 Å². The Hall–Kier alpha value is -3.22. The topological polar surface area (TPSA) is 75.9 Å². The third kappa shape index (κ3) is 4.13. The van der Waals surface area contributed by atoms with E-state index in [-0.39, 0.29) is 5.91 Å². The first kappa shape index (κ1) is 17.2. The molecule has 27 heavy (non-hydrogen) atoms. The zero-order valence-electron chi connectivity index (χ0n) is 15.2. The number of nitrogens with one attached hydrogen (secondary N) is 1. The van der Waals surface area contributed by atoms with Crippen LogP contribution in [0.2, 0.25) is 0 Å². The van der Waals surface area contributed by atoms with Crippen molar-refractivity contribution >= 4 is 17.4 Å². The van der Waals surface area contributed by atoms with E-state index in [1.54, 1.807) is 6.07 Å². The number of anilines is 2. The summed E-state index contributed by atoms with van der Waals surface area (Å²) in [4.78, 5) is 14.5. The molecule has 1 amide bonds. The van der Waals surface area contributed by atoms with Crippen LogP contribution in [0.25, 0.3) is 0 Å². The first-order valence-electron chi connectivity index (χ1n) is 9.10. The molecule has 1 aliphatic heterocycles. The number of carbonyl (C=O) groups is 1. The minimum atomic E-state index is -0.254. The van der Waals surface area contributed by atoms with Crippen molar-refractivity contribution in [3.8, 4) is 0 Å². The molecule has 0 bridgehead atoms. The molecule has 0 aliphatic carbocycles. The molecule has 0 saturated carbocycles. The van der Waals surface area contributed by atoms with Crippen LogP contribution in [0, 0.1) is 5.92 Å². The van der Waals surface area contributed by atoms with Gasteiger partial charge in [0.2, 0.25) is 0 Å². The molecular weight excluding hydrogens is 340 g/mol. The van der Waals surface area contributed by atoms with E-state index in [1.165, 1.54) is 5.56 Å². The zero-order valence-corrected chi connectivity index (χ0v) is 15.2. The summed E-state index contributed by atoms with van der Waals surface area (Å²) in [6.45, 7) is 1.90. The fraction of sp³-hybridized carbons (Fsp3) is 0.300. The number of aryl methyl sites for hydroxylation is 1. The number of hydrogen-bond donors (Lipinski definition) is 1. The minimum absolute atomic E-state index is 0.254. The van der Waals surface area contributed by atoms with E-state index in [0.717, 1.165) is 37.4 Å². The maximum Gasteiger partial charge on any atom is 0.276 e. The van der Waals surface area contributed by atoms with Gasteiger partial charge in [-0.1, -0.05) is 18.2 Å². The Morgan fingerprint density at radius 3 is 2.74 bits per heavy atom. The van der Waals surface area contributed by atoms with Crippen LogP contribution < -0.4 is 10.2 Å². The highest BCUT2D eigenvalue weighted by Crippen LogP contribution is 2.24. The highest BCUT2D eigenvalue weighted by atomic mass is 16.1. The monoisotopic (exact) mass is 362 g/mol. The van der Waals surface area contributed by atoms with Crippen molar-refractivity contribution in [3.05, 3.63) is 66.1 Å². The predicted molar refractivity (Wildman–Crippen MR) is 104 cm³/mol. The molecule has 3 heterocycles. The number of carbonyl (C=O) groups excluding carboxylic acids is 1. The molecule has 1 fully saturated rings. The van der Waals surface area contributed by atoms with Crippen molar-refractivity contribution in [2.24, 2.45) is 13.0 Å². The Labute approximate surface area is 158 Å². The maximum absolute atomic E-state index is 12.3. The van der Waals surface area contributed by atoms with E-state index in [2.05, 4.69) is 31.7 Å². The molecule has 7 nitrogen and oxygen atoms in total. The first-order valence-corrected chi connectivity index (χ1v) is 9.10. The van der Waals surface area contributed by atoms with E-state index < -0.39 is 0 Å². The lowest BCUT2D eigenvalue weighted by Crippen LogP contribution is -2.22. The summed E-state index contributed by atoms with van der Waals surface area (Å²) in [5.74, 6) is 1.15. The van der Waals surface area contributed by atoms with Crippen LogP contribution in [0.5, 0.6) is 0 Å². The molecule has 0 spiro atoms. The highest BCUT2D eigenvalue weighted by molar-refractivity contribution is 6.02. The smallest absolute Gasteiger partial charge is 0.276 e. The molecule has 4 rings (SSSR count). The third-order valence-electron chi connectivity index (χ3n) is 4.81. The Morgan fingerprint density at radius 1 is 1.19 bits per heavy atom. The van der Waals surface area contributed by atoms with Gasteiger partial charge < -0.3 is 10.2 Å². The van der Waals surface area contributed by atoms with Crippen LogP contribution in [-0.2, 0) is 13.5 Å². The predicted octanol–water partition coefficient (Wildman–Crippen LogP) is 2.53. The Kier molecular flexibility index (Phi) is 4.82. The van der Waals surface area contributed by atoms with Gasteiger partial charge in [0.25, 0.3) is 5.91 Å². The second-order valence-corrected chi connectivity index (χ2v) is 6.92. The number of aromatic nitrogens is 4. The second kappa shape index (κ2) is 7.57. The van der Waals surface area contributed by atoms with Gasteiger partial charge in [-0.25, -0.2) is 0 Å². The molecule has 138 valence electrons. The van der Waals surface area contributed by atoms with Crippen molar-refractivity contribution in [2.45, 2.75) is 12.8 Å². The van der Waals surface area contributed by atoms with Gasteiger partial charge in [-0.15, -0.1) is 10.2 Å². The first-order chi connectivity index (χ1) is 13.2. The van der Waals surface area contributed by atoms with Gasteiger partial charge in [-0.3, -0.25) is 9.48 Å². The van der Waals surface area contributed by atoms with Gasteiger partial charge >= 0.3 is 0 Å². The summed E-state index contributed by atoms with van der Waals surface area (Å²) in [5.41, 5.74) is 2.32. The average molecular weight is 362 g/mol. The van der Waals surface area contributed by atoms with Crippen LogP contribution >= 0.6 is 0 Å². The van der Waals surface area contributed by atoms with Gasteiger partial charge in [-0.05, 0) is 48.6 Å². The zero-order chi connectivity index (χ0) is 18.6. The summed E-state index contributed by atoms with van der Waals surface area (Å²) in [7, 11) is 1.94. The Bertz CT molecular complexity index is 906. The lowest BCUT2D eigenvalue weighted by Gasteiger charge is -2.16. The summed E-state index contributed by atoms with van der Waals surface area (Å²) in [5, 5.41) is 15.4. The fourth-order valence-corrected chi connectivity index (χ4v) is 3.45. The fourth-order valence-electron chi connectivity index (χ4n) is 3.45. The average Bonchev–Trinajstić information content (AvgIpc) is 3.32. The van der Waals surface area contributed by atoms with Gasteiger partial charge in [0.05, 0.1) is 6.20 Å². The lowest BCUT2D eigenvalue weighted by atomic mass is 10.0. The van der Waals surface area contributed by atoms with E-state index >= 15 is 0 Å². The van der Waals surface area contributed by atoms with Crippen molar-refractivity contribution in [3.63, 3.8) is 0 Å². The van der Waals surface area contributed by atoms with E-state index in [9.17, 15) is 4.79 Å². The second-order valence-electron chi connectivity index (χ2n) is 6.92. The number of benzene rings is 1. The van der Waals surface area contributed by atoms with Gasteiger partial charge in [0.15, 0.2) is 11.5 Å². The van der Waals surface area contributed by atoms with Crippen LogP contribution in [0.3, 0.4) is 0 Å². The molecule has 1 saturated heterocycles. The molecule has 1 N–H and O–H groups in total. The molecule has 0 radical (unpaired) electrons. The highest BCUT2D eigenvalue weighted by Gasteiger charge is 2.24. The summed E-state index contributed by atoms with van der Waals surface area (Å²) < 4.78 is 1.84. The van der Waals surface area contributed by atoms with Crippen molar-refractivity contribution in [1.82, 2.24) is 20.0 Å². The van der Waals surface area contributed by atoms with Crippen LogP contribution in [0.1, 0.15) is 22.5 Å². The van der Waals surface area contributed by atoms with Crippen molar-refractivity contribution in [1.29, 1.82) is 0 Å². The lowest BCUT2D eigenvalue weighted by molar-refractivity contribution is 0.102. The number of rotatable bonds is 5. The maximum atomic E-state index is 12.3. The molecule has 1 aliphatic rings. The van der Waals surface area contributed by atoms with Gasteiger partial charge in [0, 0.05) is 32.0 Å². The van der Waals surface area contributed by atoms with Gasteiger partial charge in [0.1, 0.15) is 0 Å². The molecule has 2 aromatic heterocycles. The quantitative estimate of drug-likeness (QED) is 0.755. The van der Waals surface area contributed by atoms with Crippen molar-refractivity contribution < 1.29 is 4.79 Å². The minimum Gasteiger partial charge on any atom is -0.355 e. The number of para-hydroxylation sites is 1. The van der Waals surface area contributed by atoms with Crippen molar-refractivity contribution in [2.75, 3.05) is 23.3 Å². The number of nitrogens with zero attached hydrogens (tertiary/aromatic N) is 5. The van der Waals surface area contributed by atoms with Gasteiger partial charge in [-0.2, -0.15) is 5.10 Å². The summed E-state index contributed by atoms with van der Waals surface area (Å²) in [6, 6.07) is 12.9. The SMILES string of the molecule is Cn1cc(CC2CCN(c3ccc(C(=O)Nc4ccccc4)nn3)C2)cn1. The van der Waals surface area contributed by atoms with Crippen LogP contribution in [0.15, 0.2) is 54.9 Å². The normalized spacial score (nSPS) is 16.5. The molecular formula is C20H22N6O. The van der Waals surface area contributed by atoms with Crippen LogP contribution in [0.4, 0.5) is 11.5 Å². The largest absolute Gasteiger partial charge is 0.355 e. The standard InChI is InChI=1S/C20H22N6O/c1-25-13-16(12-21-25)11-15-9-10-26(14-15)19-8-7-18(23-24-19)20(27)22-17-5-3-2-4-6-17/h2-8,12-13,15H,9-11,14H2,1H3,(H,22,27). The van der Waals surface area contributed by atoms with E-state index in [1.807, 2.05) is 54.3 Å². The molecule has 3 aromatic rings. The molecule has 1 unspecified atom stereocenters. The third-order valence-corrected chi connectivity index (χ3v) is 4.81. The molecule has 1 aromatic carbocycles. The summed E-state index contributed by atoms with van der Waals surface area (Å²) in [6.07, 6.45) is 6.15. The molecule has 7 heteroatoms.